The molecular formula is C8H8N2O2S2. The minimum Gasteiger partial charge on any atom is -0.396 e. The quantitative estimate of drug-likeness (QED) is 0.767. The molecule has 4 N–H and O–H groups in total. The van der Waals surface area contributed by atoms with E-state index in [2.05, 4.69) is 0 Å². The third-order valence-electron chi connectivity index (χ3n) is 1.86. The summed E-state index contributed by atoms with van der Waals surface area (Å²) in [7, 11) is -3.70. The molecule has 1 heterocycles. The van der Waals surface area contributed by atoms with Gasteiger partial charge in [0.1, 0.15) is 0 Å². The van der Waals surface area contributed by atoms with Gasteiger partial charge in [-0.2, -0.15) is 0 Å². The van der Waals surface area contributed by atoms with Crippen LogP contribution in [0.4, 0.5) is 5.69 Å². The number of nitrogens with two attached hydrogens (primary N) is 2. The Morgan fingerprint density at radius 1 is 1.21 bits per heavy atom. The van der Waals surface area contributed by atoms with Crippen molar-refractivity contribution in [2.24, 2.45) is 5.14 Å². The molecule has 0 saturated heterocycles. The van der Waals surface area contributed by atoms with Crippen molar-refractivity contribution in [1.82, 2.24) is 0 Å². The Hall–Kier alpha value is -1.11. The SMILES string of the molecule is Nc1c(S(N)(=O)=O)sc2ccccc12. The van der Waals surface area contributed by atoms with Gasteiger partial charge in [0.25, 0.3) is 0 Å². The van der Waals surface area contributed by atoms with Crippen molar-refractivity contribution < 1.29 is 8.42 Å². The van der Waals surface area contributed by atoms with Crippen LogP contribution < -0.4 is 10.9 Å². The fourth-order valence-corrected chi connectivity index (χ4v) is 3.26. The van der Waals surface area contributed by atoms with E-state index in [1.807, 2.05) is 12.1 Å². The Morgan fingerprint density at radius 3 is 2.43 bits per heavy atom. The number of benzene rings is 1. The smallest absolute Gasteiger partial charge is 0.249 e. The average molecular weight is 228 g/mol. The highest BCUT2D eigenvalue weighted by Gasteiger charge is 2.17. The summed E-state index contributed by atoms with van der Waals surface area (Å²) in [6.45, 7) is 0. The predicted octanol–water partition coefficient (Wildman–Crippen LogP) is 1.13. The van der Waals surface area contributed by atoms with Gasteiger partial charge in [0.05, 0.1) is 5.69 Å². The monoisotopic (exact) mass is 228 g/mol. The van der Waals surface area contributed by atoms with Crippen LogP contribution in [-0.4, -0.2) is 8.42 Å². The number of fused-ring (bicyclic) bond motifs is 1. The van der Waals surface area contributed by atoms with Crippen molar-refractivity contribution in [3.63, 3.8) is 0 Å². The average Bonchev–Trinajstić information content (AvgIpc) is 2.44. The molecule has 0 amide bonds. The fourth-order valence-electron chi connectivity index (χ4n) is 1.25. The van der Waals surface area contributed by atoms with Crippen molar-refractivity contribution in [3.05, 3.63) is 24.3 Å². The molecule has 0 fully saturated rings. The first-order valence-corrected chi connectivity index (χ1v) is 6.16. The standard InChI is InChI=1S/C8H8N2O2S2/c9-7-5-3-1-2-4-6(5)13-8(7)14(10,11)12/h1-4H,9H2,(H2,10,11,12). The molecule has 0 spiro atoms. The molecule has 0 aliphatic heterocycles. The molecule has 74 valence electrons. The van der Waals surface area contributed by atoms with E-state index in [1.54, 1.807) is 12.1 Å². The van der Waals surface area contributed by atoms with Crippen molar-refractivity contribution >= 4 is 37.1 Å². The van der Waals surface area contributed by atoms with Crippen LogP contribution in [-0.2, 0) is 10.0 Å². The van der Waals surface area contributed by atoms with Crippen LogP contribution in [0.1, 0.15) is 0 Å². The molecule has 0 saturated carbocycles. The Balaban J connectivity index is 2.89. The minimum atomic E-state index is -3.70. The van der Waals surface area contributed by atoms with Gasteiger partial charge in [-0.05, 0) is 6.07 Å². The molecule has 1 aromatic carbocycles. The van der Waals surface area contributed by atoms with Gasteiger partial charge in [0.15, 0.2) is 4.21 Å². The zero-order valence-electron chi connectivity index (χ0n) is 7.10. The molecule has 2 rings (SSSR count). The summed E-state index contributed by atoms with van der Waals surface area (Å²) in [5.74, 6) is 0. The van der Waals surface area contributed by atoms with Crippen LogP contribution in [0.2, 0.25) is 0 Å². The van der Waals surface area contributed by atoms with Gasteiger partial charge in [0.2, 0.25) is 10.0 Å². The Bertz CT molecular complexity index is 586. The van der Waals surface area contributed by atoms with Gasteiger partial charge in [0, 0.05) is 10.1 Å². The maximum atomic E-state index is 11.1. The van der Waals surface area contributed by atoms with E-state index in [0.29, 0.717) is 0 Å². The third kappa shape index (κ3) is 1.37. The molecule has 14 heavy (non-hydrogen) atoms. The first-order valence-electron chi connectivity index (χ1n) is 3.80. The second-order valence-corrected chi connectivity index (χ2v) is 5.65. The molecule has 0 radical (unpaired) electrons. The Labute approximate surface area is 85.2 Å². The predicted molar refractivity (Wildman–Crippen MR) is 57.6 cm³/mol. The highest BCUT2D eigenvalue weighted by molar-refractivity contribution is 7.91. The van der Waals surface area contributed by atoms with Gasteiger partial charge < -0.3 is 5.73 Å². The van der Waals surface area contributed by atoms with Crippen LogP contribution in [0.25, 0.3) is 10.1 Å². The van der Waals surface area contributed by atoms with Crippen LogP contribution >= 0.6 is 11.3 Å². The molecule has 0 unspecified atom stereocenters. The summed E-state index contributed by atoms with van der Waals surface area (Å²) in [5, 5.41) is 5.76. The van der Waals surface area contributed by atoms with Crippen LogP contribution in [0.3, 0.4) is 0 Å². The van der Waals surface area contributed by atoms with E-state index in [4.69, 9.17) is 10.9 Å². The molecule has 0 aliphatic rings. The molecule has 2 aromatic rings. The summed E-state index contributed by atoms with van der Waals surface area (Å²) in [4.78, 5) is 0. The van der Waals surface area contributed by atoms with Crippen molar-refractivity contribution in [1.29, 1.82) is 0 Å². The zero-order valence-corrected chi connectivity index (χ0v) is 8.73. The molecule has 1 aromatic heterocycles. The van der Waals surface area contributed by atoms with E-state index in [-0.39, 0.29) is 9.90 Å². The maximum absolute atomic E-state index is 11.1. The lowest BCUT2D eigenvalue weighted by Crippen LogP contribution is -2.11. The van der Waals surface area contributed by atoms with Gasteiger partial charge >= 0.3 is 0 Å². The summed E-state index contributed by atoms with van der Waals surface area (Å²) >= 11 is 1.09. The van der Waals surface area contributed by atoms with Gasteiger partial charge in [-0.1, -0.05) is 18.2 Å². The first-order chi connectivity index (χ1) is 6.50. The third-order valence-corrected chi connectivity index (χ3v) is 4.52. The maximum Gasteiger partial charge on any atom is 0.249 e. The summed E-state index contributed by atoms with van der Waals surface area (Å²) < 4.78 is 23.1. The van der Waals surface area contributed by atoms with Crippen LogP contribution in [0.5, 0.6) is 0 Å². The highest BCUT2D eigenvalue weighted by atomic mass is 32.2. The van der Waals surface area contributed by atoms with E-state index >= 15 is 0 Å². The number of thiophene rings is 1. The van der Waals surface area contributed by atoms with E-state index in [9.17, 15) is 8.42 Å². The number of hydrogen-bond acceptors (Lipinski definition) is 4. The minimum absolute atomic E-state index is 0.0405. The normalized spacial score (nSPS) is 12.1. The lowest BCUT2D eigenvalue weighted by atomic mass is 10.2. The molecular weight excluding hydrogens is 220 g/mol. The Morgan fingerprint density at radius 2 is 1.86 bits per heavy atom. The largest absolute Gasteiger partial charge is 0.396 e. The second-order valence-electron chi connectivity index (χ2n) is 2.84. The first kappa shape index (κ1) is 9.45. The summed E-state index contributed by atoms with van der Waals surface area (Å²) in [6, 6.07) is 7.21. The second kappa shape index (κ2) is 2.94. The topological polar surface area (TPSA) is 86.2 Å². The number of anilines is 1. The summed E-state index contributed by atoms with van der Waals surface area (Å²) in [6.07, 6.45) is 0. The van der Waals surface area contributed by atoms with E-state index in [1.165, 1.54) is 0 Å². The number of sulfonamides is 1. The lowest BCUT2D eigenvalue weighted by Gasteiger charge is -1.93. The lowest BCUT2D eigenvalue weighted by molar-refractivity contribution is 0.600. The van der Waals surface area contributed by atoms with Gasteiger partial charge in [-0.25, -0.2) is 13.6 Å². The fraction of sp³-hybridized carbons (Fsp3) is 0. The van der Waals surface area contributed by atoms with Crippen LogP contribution in [0, 0.1) is 0 Å². The van der Waals surface area contributed by atoms with Crippen molar-refractivity contribution in [2.45, 2.75) is 4.21 Å². The van der Waals surface area contributed by atoms with Crippen molar-refractivity contribution in [3.8, 4) is 0 Å². The molecule has 0 aliphatic carbocycles. The zero-order chi connectivity index (χ0) is 10.3. The molecule has 4 nitrogen and oxygen atoms in total. The molecule has 0 atom stereocenters. The molecule has 0 bridgehead atoms. The van der Waals surface area contributed by atoms with E-state index in [0.717, 1.165) is 21.4 Å². The van der Waals surface area contributed by atoms with Crippen molar-refractivity contribution in [2.75, 3.05) is 5.73 Å². The van der Waals surface area contributed by atoms with E-state index < -0.39 is 10.0 Å². The molecule has 6 heteroatoms. The number of primary sulfonamides is 1. The van der Waals surface area contributed by atoms with Gasteiger partial charge in [-0.15, -0.1) is 11.3 Å². The Kier molecular flexibility index (Phi) is 1.99. The van der Waals surface area contributed by atoms with Crippen LogP contribution in [0.15, 0.2) is 28.5 Å². The number of nitrogen functional groups attached to an aromatic ring is 1. The number of rotatable bonds is 1. The van der Waals surface area contributed by atoms with Gasteiger partial charge in [-0.3, -0.25) is 0 Å². The summed E-state index contributed by atoms with van der Waals surface area (Å²) in [5.41, 5.74) is 5.92. The highest BCUT2D eigenvalue weighted by Crippen LogP contribution is 2.35. The number of hydrogen-bond donors (Lipinski definition) is 2.